The molecule has 0 radical (unpaired) electrons. The first-order valence-electron chi connectivity index (χ1n) is 11.1. The highest BCUT2D eigenvalue weighted by Crippen LogP contribution is 2.24. The number of benzene rings is 2. The van der Waals surface area contributed by atoms with E-state index >= 15 is 0 Å². The summed E-state index contributed by atoms with van der Waals surface area (Å²) in [5, 5.41) is 5.75. The average Bonchev–Trinajstić information content (AvgIpc) is 2.87. The van der Waals surface area contributed by atoms with Crippen molar-refractivity contribution in [3.63, 3.8) is 0 Å². The van der Waals surface area contributed by atoms with Crippen molar-refractivity contribution in [1.29, 1.82) is 0 Å². The highest BCUT2D eigenvalue weighted by molar-refractivity contribution is 5.97. The minimum Gasteiger partial charge on any atom is -0.497 e. The molecule has 0 saturated carbocycles. The Hall–Kier alpha value is -3.39. The van der Waals surface area contributed by atoms with Crippen LogP contribution < -0.4 is 15.4 Å². The van der Waals surface area contributed by atoms with E-state index in [-0.39, 0.29) is 23.6 Å². The van der Waals surface area contributed by atoms with E-state index in [0.29, 0.717) is 56.0 Å². The Morgan fingerprint density at radius 3 is 2.36 bits per heavy atom. The maximum atomic E-state index is 12.9. The number of nitrogens with one attached hydrogen (secondary N) is 2. The molecular formula is C25H31N3O5. The molecule has 1 heterocycles. The molecule has 8 nitrogen and oxygen atoms in total. The first-order chi connectivity index (χ1) is 16.0. The van der Waals surface area contributed by atoms with Crippen molar-refractivity contribution in [3.05, 3.63) is 65.7 Å². The molecule has 0 bridgehead atoms. The standard InChI is InChI=1S/C25H31N3O5/c1-32-16-13-26-24(30)22(27-23(29)19-7-4-3-5-8-19)18-11-14-28(15-12-18)25(31)20-9-6-10-21(17-20)33-2/h3-10,17-18,22H,11-16H2,1-2H3,(H,26,30)(H,27,29). The summed E-state index contributed by atoms with van der Waals surface area (Å²) in [6, 6.07) is 15.2. The number of carbonyl (C=O) groups is 3. The van der Waals surface area contributed by atoms with Crippen LogP contribution in [0, 0.1) is 5.92 Å². The number of ether oxygens (including phenoxy) is 2. The molecule has 1 atom stereocenters. The number of carbonyl (C=O) groups excluding carboxylic acids is 3. The zero-order valence-electron chi connectivity index (χ0n) is 19.1. The summed E-state index contributed by atoms with van der Waals surface area (Å²) >= 11 is 0. The molecule has 8 heteroatoms. The van der Waals surface area contributed by atoms with Crippen molar-refractivity contribution in [1.82, 2.24) is 15.5 Å². The molecule has 176 valence electrons. The summed E-state index contributed by atoms with van der Waals surface area (Å²) in [6.07, 6.45) is 1.21. The van der Waals surface area contributed by atoms with Gasteiger partial charge >= 0.3 is 0 Å². The van der Waals surface area contributed by atoms with Crippen LogP contribution in [0.1, 0.15) is 33.6 Å². The third kappa shape index (κ3) is 6.55. The number of methoxy groups -OCH3 is 2. The molecule has 1 unspecified atom stereocenters. The summed E-state index contributed by atoms with van der Waals surface area (Å²) < 4.78 is 10.2. The summed E-state index contributed by atoms with van der Waals surface area (Å²) in [7, 11) is 3.13. The highest BCUT2D eigenvalue weighted by Gasteiger charge is 2.34. The number of nitrogens with zero attached hydrogens (tertiary/aromatic N) is 1. The van der Waals surface area contributed by atoms with E-state index in [0.717, 1.165) is 0 Å². The average molecular weight is 454 g/mol. The van der Waals surface area contributed by atoms with Crippen molar-refractivity contribution in [2.45, 2.75) is 18.9 Å². The number of hydrogen-bond donors (Lipinski definition) is 2. The fourth-order valence-electron chi connectivity index (χ4n) is 3.97. The van der Waals surface area contributed by atoms with Crippen molar-refractivity contribution in [2.24, 2.45) is 5.92 Å². The summed E-state index contributed by atoms with van der Waals surface area (Å²) in [5.41, 5.74) is 1.07. The smallest absolute Gasteiger partial charge is 0.253 e. The van der Waals surface area contributed by atoms with Crippen LogP contribution in [0.4, 0.5) is 0 Å². The van der Waals surface area contributed by atoms with Gasteiger partial charge in [-0.15, -0.1) is 0 Å². The number of amides is 3. The predicted octanol–water partition coefficient (Wildman–Crippen LogP) is 2.11. The molecule has 1 aliphatic heterocycles. The summed E-state index contributed by atoms with van der Waals surface area (Å²) in [6.45, 7) is 1.76. The van der Waals surface area contributed by atoms with Gasteiger partial charge in [-0.05, 0) is 49.1 Å². The second-order valence-electron chi connectivity index (χ2n) is 7.96. The molecule has 1 aliphatic rings. The zero-order valence-corrected chi connectivity index (χ0v) is 19.1. The van der Waals surface area contributed by atoms with Crippen LogP contribution in [0.5, 0.6) is 5.75 Å². The molecule has 2 aromatic rings. The van der Waals surface area contributed by atoms with Gasteiger partial charge in [-0.2, -0.15) is 0 Å². The van der Waals surface area contributed by atoms with Crippen molar-refractivity contribution in [2.75, 3.05) is 40.5 Å². The number of hydrogen-bond acceptors (Lipinski definition) is 5. The molecule has 1 fully saturated rings. The van der Waals surface area contributed by atoms with Crippen LogP contribution in [0.25, 0.3) is 0 Å². The number of piperidine rings is 1. The quantitative estimate of drug-likeness (QED) is 0.567. The van der Waals surface area contributed by atoms with Crippen molar-refractivity contribution < 1.29 is 23.9 Å². The zero-order chi connectivity index (χ0) is 23.6. The van der Waals surface area contributed by atoms with Gasteiger partial charge in [-0.25, -0.2) is 0 Å². The van der Waals surface area contributed by atoms with Gasteiger partial charge in [0.2, 0.25) is 5.91 Å². The van der Waals surface area contributed by atoms with Crippen LogP contribution in [0.2, 0.25) is 0 Å². The topological polar surface area (TPSA) is 97.0 Å². The Kier molecular flexibility index (Phi) is 8.83. The predicted molar refractivity (Wildman–Crippen MR) is 124 cm³/mol. The number of rotatable bonds is 9. The van der Waals surface area contributed by atoms with Gasteiger partial charge in [0.05, 0.1) is 13.7 Å². The van der Waals surface area contributed by atoms with Gasteiger partial charge in [0, 0.05) is 37.9 Å². The Labute approximate surface area is 194 Å². The maximum absolute atomic E-state index is 12.9. The minimum absolute atomic E-state index is 0.0678. The second-order valence-corrected chi connectivity index (χ2v) is 7.96. The Bertz CT molecular complexity index is 942. The van der Waals surface area contributed by atoms with Crippen LogP contribution >= 0.6 is 0 Å². The SMILES string of the molecule is COCCNC(=O)C(NC(=O)c1ccccc1)C1CCN(C(=O)c2cccc(OC)c2)CC1. The third-order valence-corrected chi connectivity index (χ3v) is 5.83. The molecule has 1 saturated heterocycles. The third-order valence-electron chi connectivity index (χ3n) is 5.83. The molecule has 3 rings (SSSR count). The Morgan fingerprint density at radius 1 is 1.00 bits per heavy atom. The fraction of sp³-hybridized carbons (Fsp3) is 0.400. The van der Waals surface area contributed by atoms with Crippen molar-refractivity contribution in [3.8, 4) is 5.75 Å². The number of likely N-dealkylation sites (tertiary alicyclic amines) is 1. The lowest BCUT2D eigenvalue weighted by molar-refractivity contribution is -0.124. The van der Waals surface area contributed by atoms with Crippen LogP contribution in [-0.4, -0.2) is 69.1 Å². The fourth-order valence-corrected chi connectivity index (χ4v) is 3.97. The molecule has 0 aromatic heterocycles. The molecule has 33 heavy (non-hydrogen) atoms. The Morgan fingerprint density at radius 2 is 1.70 bits per heavy atom. The second kappa shape index (κ2) is 12.0. The van der Waals surface area contributed by atoms with Crippen LogP contribution in [-0.2, 0) is 9.53 Å². The van der Waals surface area contributed by atoms with Gasteiger partial charge in [-0.3, -0.25) is 14.4 Å². The van der Waals surface area contributed by atoms with E-state index in [2.05, 4.69) is 10.6 Å². The molecule has 0 spiro atoms. The largest absolute Gasteiger partial charge is 0.497 e. The van der Waals surface area contributed by atoms with E-state index in [1.165, 1.54) is 0 Å². The van der Waals surface area contributed by atoms with Crippen LogP contribution in [0.3, 0.4) is 0 Å². The van der Waals surface area contributed by atoms with E-state index in [1.807, 2.05) is 6.07 Å². The van der Waals surface area contributed by atoms with E-state index < -0.39 is 6.04 Å². The Balaban J connectivity index is 1.66. The van der Waals surface area contributed by atoms with E-state index in [9.17, 15) is 14.4 Å². The monoisotopic (exact) mass is 453 g/mol. The van der Waals surface area contributed by atoms with Gasteiger partial charge in [0.1, 0.15) is 11.8 Å². The lowest BCUT2D eigenvalue weighted by Gasteiger charge is -2.36. The lowest BCUT2D eigenvalue weighted by atomic mass is 9.88. The molecular weight excluding hydrogens is 422 g/mol. The molecule has 0 aliphatic carbocycles. The molecule has 2 N–H and O–H groups in total. The van der Waals surface area contributed by atoms with Gasteiger partial charge in [-0.1, -0.05) is 24.3 Å². The van der Waals surface area contributed by atoms with Crippen LogP contribution in [0.15, 0.2) is 54.6 Å². The van der Waals surface area contributed by atoms with E-state index in [4.69, 9.17) is 9.47 Å². The molecule has 3 amide bonds. The maximum Gasteiger partial charge on any atom is 0.253 e. The first kappa shape index (κ1) is 24.3. The first-order valence-corrected chi connectivity index (χ1v) is 11.1. The lowest BCUT2D eigenvalue weighted by Crippen LogP contribution is -2.54. The van der Waals surface area contributed by atoms with Gasteiger partial charge in [0.15, 0.2) is 0 Å². The normalized spacial score (nSPS) is 14.9. The summed E-state index contributed by atoms with van der Waals surface area (Å²) in [4.78, 5) is 40.4. The summed E-state index contributed by atoms with van der Waals surface area (Å²) in [5.74, 6) is -0.0604. The van der Waals surface area contributed by atoms with Crippen molar-refractivity contribution >= 4 is 17.7 Å². The van der Waals surface area contributed by atoms with E-state index in [1.54, 1.807) is 67.7 Å². The molecule has 2 aromatic carbocycles. The minimum atomic E-state index is -0.691. The van der Waals surface area contributed by atoms with Gasteiger partial charge < -0.3 is 25.0 Å². The van der Waals surface area contributed by atoms with Gasteiger partial charge in [0.25, 0.3) is 11.8 Å². The highest BCUT2D eigenvalue weighted by atomic mass is 16.5.